The zero-order chi connectivity index (χ0) is 16.9. The maximum Gasteiger partial charge on any atom is 0.224 e. The lowest BCUT2D eigenvalue weighted by Crippen LogP contribution is -2.12. The number of thiazole rings is 1. The van der Waals surface area contributed by atoms with Crippen molar-refractivity contribution in [1.29, 1.82) is 0 Å². The molecule has 3 rings (SSSR count). The molecule has 1 amide bonds. The Morgan fingerprint density at radius 1 is 1.33 bits per heavy atom. The molecule has 3 aromatic rings. The number of pyridine rings is 1. The molecule has 2 aromatic heterocycles. The van der Waals surface area contributed by atoms with Crippen molar-refractivity contribution in [3.05, 3.63) is 64.0 Å². The van der Waals surface area contributed by atoms with Gasteiger partial charge in [0.2, 0.25) is 5.91 Å². The van der Waals surface area contributed by atoms with Crippen LogP contribution < -0.4 is 5.32 Å². The van der Waals surface area contributed by atoms with Gasteiger partial charge in [0.05, 0.1) is 15.7 Å². The van der Waals surface area contributed by atoms with Crippen LogP contribution in [0.1, 0.15) is 11.4 Å². The van der Waals surface area contributed by atoms with Crippen molar-refractivity contribution in [2.45, 2.75) is 12.8 Å². The molecule has 0 unspecified atom stereocenters. The Bertz CT molecular complexity index is 854. The topological polar surface area (TPSA) is 54.9 Å². The molecule has 4 nitrogen and oxygen atoms in total. The van der Waals surface area contributed by atoms with E-state index in [0.717, 1.165) is 16.3 Å². The third kappa shape index (κ3) is 4.15. The van der Waals surface area contributed by atoms with Gasteiger partial charge in [0.1, 0.15) is 5.82 Å². The Balaban J connectivity index is 1.56. The molecule has 0 aliphatic heterocycles. The van der Waals surface area contributed by atoms with E-state index in [1.54, 1.807) is 12.4 Å². The molecule has 0 radical (unpaired) electrons. The van der Waals surface area contributed by atoms with Crippen LogP contribution in [0.25, 0.3) is 11.3 Å². The molecule has 0 fully saturated rings. The maximum absolute atomic E-state index is 13.1. The summed E-state index contributed by atoms with van der Waals surface area (Å²) in [6, 6.07) is 7.88. The molecular formula is C17H13ClFN3OS. The van der Waals surface area contributed by atoms with E-state index >= 15 is 0 Å². The van der Waals surface area contributed by atoms with E-state index in [2.05, 4.69) is 15.3 Å². The number of nitrogens with zero attached hydrogens (tertiary/aromatic N) is 2. The van der Waals surface area contributed by atoms with Crippen LogP contribution in [-0.4, -0.2) is 15.9 Å². The molecule has 0 aliphatic rings. The van der Waals surface area contributed by atoms with Gasteiger partial charge in [-0.25, -0.2) is 9.37 Å². The average molecular weight is 362 g/mol. The Morgan fingerprint density at radius 2 is 2.21 bits per heavy atom. The fraction of sp³-hybridized carbons (Fsp3) is 0.118. The fourth-order valence-electron chi connectivity index (χ4n) is 2.09. The van der Waals surface area contributed by atoms with Crippen LogP contribution >= 0.6 is 22.9 Å². The van der Waals surface area contributed by atoms with Crippen molar-refractivity contribution in [3.63, 3.8) is 0 Å². The van der Waals surface area contributed by atoms with E-state index in [0.29, 0.717) is 12.1 Å². The number of hydrogen-bond acceptors (Lipinski definition) is 4. The van der Waals surface area contributed by atoms with E-state index in [4.69, 9.17) is 11.6 Å². The van der Waals surface area contributed by atoms with Gasteiger partial charge in [-0.1, -0.05) is 11.6 Å². The first-order chi connectivity index (χ1) is 11.6. The minimum atomic E-state index is -0.514. The predicted octanol–water partition coefficient (Wildman–Crippen LogP) is 4.57. The zero-order valence-electron chi connectivity index (χ0n) is 12.5. The first kappa shape index (κ1) is 16.5. The lowest BCUT2D eigenvalue weighted by atomic mass is 10.2. The van der Waals surface area contributed by atoms with E-state index < -0.39 is 5.82 Å². The number of halogens is 2. The van der Waals surface area contributed by atoms with Gasteiger partial charge in [-0.3, -0.25) is 9.78 Å². The highest BCUT2D eigenvalue weighted by molar-refractivity contribution is 7.09. The van der Waals surface area contributed by atoms with Crippen molar-refractivity contribution in [2.24, 2.45) is 0 Å². The summed E-state index contributed by atoms with van der Waals surface area (Å²) in [4.78, 5) is 20.6. The number of aryl methyl sites for hydroxylation is 1. The van der Waals surface area contributed by atoms with Gasteiger partial charge in [-0.2, -0.15) is 0 Å². The number of hydrogen-bond donors (Lipinski definition) is 1. The highest BCUT2D eigenvalue weighted by Gasteiger charge is 2.09. The monoisotopic (exact) mass is 361 g/mol. The summed E-state index contributed by atoms with van der Waals surface area (Å²) < 4.78 is 13.1. The molecule has 7 heteroatoms. The Hall–Kier alpha value is -2.31. The molecule has 2 heterocycles. The highest BCUT2D eigenvalue weighted by Crippen LogP contribution is 2.22. The summed E-state index contributed by atoms with van der Waals surface area (Å²) in [7, 11) is 0. The number of nitrogens with one attached hydrogen (secondary N) is 1. The molecule has 0 bridgehead atoms. The number of carbonyl (C=O) groups is 1. The second-order valence-corrected chi connectivity index (χ2v) is 6.40. The van der Waals surface area contributed by atoms with Gasteiger partial charge in [0, 0.05) is 41.9 Å². The van der Waals surface area contributed by atoms with Crippen molar-refractivity contribution < 1.29 is 9.18 Å². The van der Waals surface area contributed by atoms with Crippen LogP contribution in [0.15, 0.2) is 48.1 Å². The molecule has 0 aliphatic carbocycles. The Kier molecular flexibility index (Phi) is 5.17. The quantitative estimate of drug-likeness (QED) is 0.724. The van der Waals surface area contributed by atoms with Gasteiger partial charge in [0.15, 0.2) is 0 Å². The average Bonchev–Trinajstić information content (AvgIpc) is 3.06. The number of amides is 1. The summed E-state index contributed by atoms with van der Waals surface area (Å²) in [5.74, 6) is -0.684. The van der Waals surface area contributed by atoms with Crippen LogP contribution in [0.2, 0.25) is 5.02 Å². The summed E-state index contributed by atoms with van der Waals surface area (Å²) in [5, 5.41) is 5.50. The second kappa shape index (κ2) is 7.51. The third-order valence-electron chi connectivity index (χ3n) is 3.28. The maximum atomic E-state index is 13.1. The molecular weight excluding hydrogens is 349 g/mol. The summed E-state index contributed by atoms with van der Waals surface area (Å²) in [5.41, 5.74) is 2.28. The number of benzene rings is 1. The van der Waals surface area contributed by atoms with Crippen LogP contribution in [0.5, 0.6) is 0 Å². The van der Waals surface area contributed by atoms with Crippen molar-refractivity contribution >= 4 is 34.5 Å². The van der Waals surface area contributed by atoms with E-state index in [1.807, 2.05) is 17.5 Å². The van der Waals surface area contributed by atoms with Gasteiger partial charge in [-0.05, 0) is 30.3 Å². The molecule has 0 spiro atoms. The first-order valence-electron chi connectivity index (χ1n) is 7.21. The van der Waals surface area contributed by atoms with E-state index in [1.165, 1.54) is 29.5 Å². The molecule has 122 valence electrons. The fourth-order valence-corrected chi connectivity index (χ4v) is 3.08. The van der Waals surface area contributed by atoms with Crippen LogP contribution in [0.4, 0.5) is 10.1 Å². The minimum absolute atomic E-state index is 0.0196. The smallest absolute Gasteiger partial charge is 0.224 e. The lowest BCUT2D eigenvalue weighted by molar-refractivity contribution is -0.116. The van der Waals surface area contributed by atoms with Gasteiger partial charge >= 0.3 is 0 Å². The van der Waals surface area contributed by atoms with Crippen LogP contribution in [-0.2, 0) is 11.2 Å². The molecule has 0 saturated carbocycles. The number of rotatable bonds is 5. The minimum Gasteiger partial charge on any atom is -0.326 e. The number of carbonyl (C=O) groups excluding carboxylic acids is 1. The third-order valence-corrected chi connectivity index (χ3v) is 4.48. The lowest BCUT2D eigenvalue weighted by Gasteiger charge is -2.05. The van der Waals surface area contributed by atoms with E-state index in [-0.39, 0.29) is 17.4 Å². The Labute approximate surface area is 147 Å². The highest BCUT2D eigenvalue weighted by atomic mass is 35.5. The van der Waals surface area contributed by atoms with Gasteiger partial charge in [0.25, 0.3) is 0 Å². The number of anilines is 1. The normalized spacial score (nSPS) is 10.6. The molecule has 1 aromatic carbocycles. The largest absolute Gasteiger partial charge is 0.326 e. The number of aromatic nitrogens is 2. The van der Waals surface area contributed by atoms with Crippen LogP contribution in [0.3, 0.4) is 0 Å². The molecule has 1 N–H and O–H groups in total. The van der Waals surface area contributed by atoms with Crippen molar-refractivity contribution in [1.82, 2.24) is 9.97 Å². The SMILES string of the molecule is O=C(CCc1nc(-c2cccnc2)cs1)Nc1ccc(F)c(Cl)c1. The van der Waals surface area contributed by atoms with E-state index in [9.17, 15) is 9.18 Å². The molecule has 0 saturated heterocycles. The van der Waals surface area contributed by atoms with Gasteiger partial charge < -0.3 is 5.32 Å². The first-order valence-corrected chi connectivity index (χ1v) is 8.47. The predicted molar refractivity (Wildman–Crippen MR) is 93.7 cm³/mol. The van der Waals surface area contributed by atoms with Crippen molar-refractivity contribution in [2.75, 3.05) is 5.32 Å². The summed E-state index contributed by atoms with van der Waals surface area (Å²) in [6.45, 7) is 0. The van der Waals surface area contributed by atoms with Gasteiger partial charge in [-0.15, -0.1) is 11.3 Å². The second-order valence-electron chi connectivity index (χ2n) is 5.05. The summed E-state index contributed by atoms with van der Waals surface area (Å²) in [6.07, 6.45) is 4.29. The standard InChI is InChI=1S/C17H13ClFN3OS/c18-13-8-12(3-4-14(13)19)21-16(23)5-6-17-22-15(10-24-17)11-2-1-7-20-9-11/h1-4,7-10H,5-6H2,(H,21,23). The Morgan fingerprint density at radius 3 is 2.96 bits per heavy atom. The molecule has 0 atom stereocenters. The summed E-state index contributed by atoms with van der Waals surface area (Å²) >= 11 is 7.20. The zero-order valence-corrected chi connectivity index (χ0v) is 14.1. The van der Waals surface area contributed by atoms with Crippen LogP contribution in [0, 0.1) is 5.82 Å². The van der Waals surface area contributed by atoms with Crippen molar-refractivity contribution in [3.8, 4) is 11.3 Å². The molecule has 24 heavy (non-hydrogen) atoms.